The smallest absolute Gasteiger partial charge is 0.220 e. The molecule has 0 saturated carbocycles. The molecule has 0 aromatic carbocycles. The van der Waals surface area contributed by atoms with Gasteiger partial charge in [-0.2, -0.15) is 0 Å². The van der Waals surface area contributed by atoms with Gasteiger partial charge < -0.3 is 5.32 Å². The molecule has 0 radical (unpaired) electrons. The molecular weight excluding hydrogens is 154 g/mol. The van der Waals surface area contributed by atoms with E-state index in [2.05, 4.69) is 5.32 Å². The van der Waals surface area contributed by atoms with Crippen molar-refractivity contribution in [3.8, 4) is 0 Å². The number of carbonyl (C=O) groups is 2. The van der Waals surface area contributed by atoms with Gasteiger partial charge in [0.1, 0.15) is 0 Å². The summed E-state index contributed by atoms with van der Waals surface area (Å²) in [5.41, 5.74) is 0.950. The molecule has 0 heterocycles. The Bertz CT molecular complexity index is 203. The largest absolute Gasteiger partial charge is 0.349 e. The highest BCUT2D eigenvalue weighted by molar-refractivity contribution is 5.94. The van der Waals surface area contributed by atoms with Crippen LogP contribution in [0, 0.1) is 0 Å². The molecule has 0 fully saturated rings. The van der Waals surface area contributed by atoms with E-state index in [1.807, 2.05) is 13.8 Å². The van der Waals surface area contributed by atoms with Crippen LogP contribution in [0.4, 0.5) is 0 Å². The van der Waals surface area contributed by atoms with Crippen molar-refractivity contribution in [2.24, 2.45) is 0 Å². The molecule has 0 spiro atoms. The zero-order valence-electron chi connectivity index (χ0n) is 7.81. The second-order valence-electron chi connectivity index (χ2n) is 2.82. The molecule has 0 aromatic rings. The lowest BCUT2D eigenvalue weighted by molar-refractivity contribution is -0.123. The van der Waals surface area contributed by atoms with Crippen molar-refractivity contribution in [2.75, 3.05) is 6.54 Å². The molecule has 0 bridgehead atoms. The molecule has 0 rings (SSSR count). The first-order valence-electron chi connectivity index (χ1n) is 4.00. The van der Waals surface area contributed by atoms with Gasteiger partial charge in [-0.25, -0.2) is 0 Å². The Hall–Kier alpha value is -1.12. The van der Waals surface area contributed by atoms with Crippen LogP contribution in [0.25, 0.3) is 0 Å². The second kappa shape index (κ2) is 5.52. The first-order valence-corrected chi connectivity index (χ1v) is 4.00. The van der Waals surface area contributed by atoms with Gasteiger partial charge in [0.15, 0.2) is 5.78 Å². The van der Waals surface area contributed by atoms with E-state index in [0.29, 0.717) is 6.42 Å². The third kappa shape index (κ3) is 5.65. The SMILES string of the molecule is CCC(=O)NCC(=O)C=C(C)C. The van der Waals surface area contributed by atoms with Gasteiger partial charge in [0.05, 0.1) is 6.54 Å². The van der Waals surface area contributed by atoms with Gasteiger partial charge in [0.25, 0.3) is 0 Å². The topological polar surface area (TPSA) is 46.2 Å². The standard InChI is InChI=1S/C9H15NO2/c1-4-9(12)10-6-8(11)5-7(2)3/h5H,4,6H2,1-3H3,(H,10,12). The van der Waals surface area contributed by atoms with Crippen LogP contribution in [-0.4, -0.2) is 18.2 Å². The van der Waals surface area contributed by atoms with Gasteiger partial charge in [-0.1, -0.05) is 12.5 Å². The lowest BCUT2D eigenvalue weighted by Crippen LogP contribution is -2.27. The highest BCUT2D eigenvalue weighted by atomic mass is 16.2. The molecule has 12 heavy (non-hydrogen) atoms. The molecular formula is C9H15NO2. The predicted octanol–water partition coefficient (Wildman–Crippen LogP) is 1.05. The van der Waals surface area contributed by atoms with Crippen molar-refractivity contribution in [3.63, 3.8) is 0 Å². The molecule has 3 heteroatoms. The molecule has 0 saturated heterocycles. The Labute approximate surface area is 72.8 Å². The van der Waals surface area contributed by atoms with Gasteiger partial charge in [-0.15, -0.1) is 0 Å². The summed E-state index contributed by atoms with van der Waals surface area (Å²) in [6.07, 6.45) is 1.94. The van der Waals surface area contributed by atoms with Crippen molar-refractivity contribution in [3.05, 3.63) is 11.6 Å². The summed E-state index contributed by atoms with van der Waals surface area (Å²) in [7, 11) is 0. The monoisotopic (exact) mass is 169 g/mol. The van der Waals surface area contributed by atoms with Crippen molar-refractivity contribution in [2.45, 2.75) is 27.2 Å². The van der Waals surface area contributed by atoms with E-state index in [1.165, 1.54) is 6.08 Å². The van der Waals surface area contributed by atoms with E-state index in [1.54, 1.807) is 6.92 Å². The van der Waals surface area contributed by atoms with Gasteiger partial charge >= 0.3 is 0 Å². The minimum Gasteiger partial charge on any atom is -0.349 e. The molecule has 0 aliphatic heterocycles. The third-order valence-electron chi connectivity index (χ3n) is 1.23. The number of ketones is 1. The number of hydrogen-bond donors (Lipinski definition) is 1. The van der Waals surface area contributed by atoms with E-state index >= 15 is 0 Å². The van der Waals surface area contributed by atoms with E-state index in [9.17, 15) is 9.59 Å². The number of hydrogen-bond acceptors (Lipinski definition) is 2. The average molecular weight is 169 g/mol. The van der Waals surface area contributed by atoms with Gasteiger partial charge in [-0.05, 0) is 19.9 Å². The second-order valence-corrected chi connectivity index (χ2v) is 2.82. The van der Waals surface area contributed by atoms with Gasteiger partial charge in [-0.3, -0.25) is 9.59 Å². The fourth-order valence-corrected chi connectivity index (χ4v) is 0.684. The summed E-state index contributed by atoms with van der Waals surface area (Å²) in [6, 6.07) is 0. The van der Waals surface area contributed by atoms with Gasteiger partial charge in [0.2, 0.25) is 5.91 Å². The zero-order valence-corrected chi connectivity index (χ0v) is 7.81. The molecule has 0 aromatic heterocycles. The number of carbonyl (C=O) groups excluding carboxylic acids is 2. The summed E-state index contributed by atoms with van der Waals surface area (Å²) >= 11 is 0. The van der Waals surface area contributed by atoms with Crippen LogP contribution in [0.1, 0.15) is 27.2 Å². The minimum absolute atomic E-state index is 0.0585. The fourth-order valence-electron chi connectivity index (χ4n) is 0.684. The summed E-state index contributed by atoms with van der Waals surface area (Å²) in [5, 5.41) is 2.50. The maximum absolute atomic E-state index is 11.0. The Kier molecular flexibility index (Phi) is 5.00. The summed E-state index contributed by atoms with van der Waals surface area (Å²) in [6.45, 7) is 5.55. The molecule has 0 atom stereocenters. The first kappa shape index (κ1) is 10.9. The number of rotatable bonds is 4. The average Bonchev–Trinajstić information content (AvgIpc) is 1.99. The predicted molar refractivity (Wildman–Crippen MR) is 47.7 cm³/mol. The Morgan fingerprint density at radius 3 is 2.33 bits per heavy atom. The molecule has 1 N–H and O–H groups in total. The maximum Gasteiger partial charge on any atom is 0.220 e. The van der Waals surface area contributed by atoms with Crippen LogP contribution in [0.5, 0.6) is 0 Å². The quantitative estimate of drug-likeness (QED) is 0.639. The Morgan fingerprint density at radius 2 is 1.92 bits per heavy atom. The summed E-state index contributed by atoms with van der Waals surface area (Å²) < 4.78 is 0. The highest BCUT2D eigenvalue weighted by Crippen LogP contribution is 1.88. The third-order valence-corrected chi connectivity index (χ3v) is 1.23. The van der Waals surface area contributed by atoms with Crippen molar-refractivity contribution >= 4 is 11.7 Å². The van der Waals surface area contributed by atoms with Crippen LogP contribution in [0.2, 0.25) is 0 Å². The maximum atomic E-state index is 11.0. The molecule has 0 aliphatic carbocycles. The van der Waals surface area contributed by atoms with Crippen LogP contribution >= 0.6 is 0 Å². The zero-order chi connectivity index (χ0) is 9.56. The Balaban J connectivity index is 3.73. The minimum atomic E-state index is -0.0921. The number of amides is 1. The van der Waals surface area contributed by atoms with E-state index < -0.39 is 0 Å². The highest BCUT2D eigenvalue weighted by Gasteiger charge is 1.99. The molecule has 0 aliphatic rings. The normalized spacial score (nSPS) is 8.92. The molecule has 1 amide bonds. The fraction of sp³-hybridized carbons (Fsp3) is 0.556. The van der Waals surface area contributed by atoms with Crippen molar-refractivity contribution in [1.29, 1.82) is 0 Å². The van der Waals surface area contributed by atoms with Crippen LogP contribution < -0.4 is 5.32 Å². The van der Waals surface area contributed by atoms with E-state index in [-0.39, 0.29) is 18.2 Å². The van der Waals surface area contributed by atoms with Crippen molar-refractivity contribution in [1.82, 2.24) is 5.32 Å². The lowest BCUT2D eigenvalue weighted by Gasteiger charge is -1.99. The molecule has 68 valence electrons. The lowest BCUT2D eigenvalue weighted by atomic mass is 10.2. The Morgan fingerprint density at radius 1 is 1.33 bits per heavy atom. The number of nitrogens with one attached hydrogen (secondary N) is 1. The van der Waals surface area contributed by atoms with E-state index in [4.69, 9.17) is 0 Å². The van der Waals surface area contributed by atoms with Crippen LogP contribution in [-0.2, 0) is 9.59 Å². The number of allylic oxidation sites excluding steroid dienone is 1. The van der Waals surface area contributed by atoms with Crippen LogP contribution in [0.3, 0.4) is 0 Å². The summed E-state index contributed by atoms with van der Waals surface area (Å²) in [5.74, 6) is -0.151. The van der Waals surface area contributed by atoms with Crippen LogP contribution in [0.15, 0.2) is 11.6 Å². The van der Waals surface area contributed by atoms with Crippen molar-refractivity contribution < 1.29 is 9.59 Å². The summed E-state index contributed by atoms with van der Waals surface area (Å²) in [4.78, 5) is 21.7. The molecule has 3 nitrogen and oxygen atoms in total. The first-order chi connectivity index (χ1) is 5.56. The van der Waals surface area contributed by atoms with Gasteiger partial charge in [0, 0.05) is 6.42 Å². The molecule has 0 unspecified atom stereocenters. The van der Waals surface area contributed by atoms with E-state index in [0.717, 1.165) is 5.57 Å².